The molecule has 32 heavy (non-hydrogen) atoms. The number of primary amides is 1. The number of nitrogens with two attached hydrogens (primary N) is 1. The van der Waals surface area contributed by atoms with Gasteiger partial charge in [-0.25, -0.2) is 14.8 Å². The van der Waals surface area contributed by atoms with E-state index in [1.807, 2.05) is 4.90 Å². The van der Waals surface area contributed by atoms with Crippen molar-refractivity contribution < 1.29 is 30.0 Å². The number of allylic oxidation sites excluding steroid dienone is 1. The Hall–Kier alpha value is -3.48. The van der Waals surface area contributed by atoms with Gasteiger partial charge in [-0.2, -0.15) is 0 Å². The van der Waals surface area contributed by atoms with Gasteiger partial charge in [0.15, 0.2) is 5.72 Å². The van der Waals surface area contributed by atoms with Crippen LogP contribution in [0.4, 0.5) is 16.2 Å². The molecule has 0 aliphatic carbocycles. The van der Waals surface area contributed by atoms with E-state index in [0.717, 1.165) is 0 Å². The van der Waals surface area contributed by atoms with E-state index in [9.17, 15) is 15.3 Å². The highest BCUT2D eigenvalue weighted by molar-refractivity contribution is 6.40. The molecule has 0 radical (unpaired) electrons. The Morgan fingerprint density at radius 1 is 1.44 bits per heavy atom. The molecule has 4 aliphatic heterocycles. The van der Waals surface area contributed by atoms with Crippen molar-refractivity contribution in [3.8, 4) is 11.5 Å². The van der Waals surface area contributed by atoms with Gasteiger partial charge in [0.25, 0.3) is 0 Å². The molecule has 12 heteroatoms. The first-order chi connectivity index (χ1) is 15.2. The highest BCUT2D eigenvalue weighted by Crippen LogP contribution is 2.63. The number of ether oxygens (including phenoxy) is 1. The number of aliphatic hydroxyl groups is 1. The standard InChI is InChI=1S/C19H21N5O4.CH3NO2/c1-8-14(22-9-3-4-12(20)21-5-9)17(27)13-10(7-25)19(28-2)18-11(23-18)6-24(19)15(13)16(8)26;2-1(3)4/h3-5,10-11,18,20,23,25-27H,6-7H2,1-2H3;2H2,(H,3,4). The Morgan fingerprint density at radius 3 is 2.69 bits per heavy atom. The van der Waals surface area contributed by atoms with Crippen molar-refractivity contribution in [3.63, 3.8) is 0 Å². The fraction of sp³-hybridized carbons (Fsp3) is 0.400. The molecule has 0 saturated carbocycles. The van der Waals surface area contributed by atoms with Crippen molar-refractivity contribution in [2.45, 2.75) is 30.7 Å². The lowest BCUT2D eigenvalue weighted by atomic mass is 9.88. The zero-order chi connectivity index (χ0) is 23.4. The zero-order valence-electron chi connectivity index (χ0n) is 17.4. The van der Waals surface area contributed by atoms with Crippen LogP contribution in [0, 0.1) is 12.3 Å². The number of aromatic hydroxyl groups is 2. The molecule has 4 heterocycles. The first kappa shape index (κ1) is 21.7. The van der Waals surface area contributed by atoms with Gasteiger partial charge in [0.05, 0.1) is 36.2 Å². The summed E-state index contributed by atoms with van der Waals surface area (Å²) in [5, 5.41) is 50.4. The van der Waals surface area contributed by atoms with Gasteiger partial charge in [-0.15, -0.1) is 0 Å². The van der Waals surface area contributed by atoms with Crippen LogP contribution in [-0.4, -0.2) is 82.4 Å². The summed E-state index contributed by atoms with van der Waals surface area (Å²) in [6.07, 6.45) is 3.22. The van der Waals surface area contributed by atoms with E-state index >= 15 is 0 Å². The Morgan fingerprint density at radius 2 is 2.12 bits per heavy atom. The number of aliphatic imine (C=N–C) groups is 2. The van der Waals surface area contributed by atoms with Crippen LogP contribution >= 0.6 is 0 Å². The molecule has 1 amide bonds. The molecule has 4 atom stereocenters. The molecular formula is C20H24N6O6. The van der Waals surface area contributed by atoms with E-state index in [0.29, 0.717) is 29.1 Å². The second-order valence-corrected chi connectivity index (χ2v) is 7.84. The minimum Gasteiger partial charge on any atom is -0.505 e. The number of fused-ring (bicyclic) bond motifs is 5. The predicted molar refractivity (Wildman–Crippen MR) is 117 cm³/mol. The third-order valence-electron chi connectivity index (χ3n) is 6.22. The summed E-state index contributed by atoms with van der Waals surface area (Å²) in [7, 11) is 1.59. The summed E-state index contributed by atoms with van der Waals surface area (Å²) in [6.45, 7) is 2.07. The number of nitrogens with one attached hydrogen (secondary N) is 2. The normalized spacial score (nSPS) is 30.0. The number of dihydropyridines is 1. The van der Waals surface area contributed by atoms with Crippen LogP contribution in [0.2, 0.25) is 0 Å². The van der Waals surface area contributed by atoms with Crippen molar-refractivity contribution in [3.05, 3.63) is 23.3 Å². The van der Waals surface area contributed by atoms with Crippen LogP contribution in [0.25, 0.3) is 0 Å². The minimum atomic E-state index is -1.33. The van der Waals surface area contributed by atoms with Crippen LogP contribution in [0.1, 0.15) is 17.0 Å². The van der Waals surface area contributed by atoms with Crippen LogP contribution in [0.3, 0.4) is 0 Å². The van der Waals surface area contributed by atoms with Gasteiger partial charge in [0, 0.05) is 30.8 Å². The summed E-state index contributed by atoms with van der Waals surface area (Å²) >= 11 is 0. The van der Waals surface area contributed by atoms with Crippen molar-refractivity contribution in [2.75, 3.05) is 25.2 Å². The van der Waals surface area contributed by atoms with Crippen molar-refractivity contribution >= 4 is 35.2 Å². The minimum absolute atomic E-state index is 0.0234. The molecule has 2 saturated heterocycles. The fourth-order valence-electron chi connectivity index (χ4n) is 4.88. The van der Waals surface area contributed by atoms with Crippen molar-refractivity contribution in [1.82, 2.24) is 5.32 Å². The lowest BCUT2D eigenvalue weighted by Crippen LogP contribution is -2.54. The molecule has 1 aromatic rings. The van der Waals surface area contributed by atoms with Crippen LogP contribution < -0.4 is 16.0 Å². The van der Waals surface area contributed by atoms with Gasteiger partial charge >= 0.3 is 6.09 Å². The Labute approximate surface area is 182 Å². The first-order valence-corrected chi connectivity index (χ1v) is 9.83. The number of piperazine rings is 1. The number of anilines is 1. The molecule has 170 valence electrons. The van der Waals surface area contributed by atoms with E-state index in [1.54, 1.807) is 20.1 Å². The molecule has 2 fully saturated rings. The average Bonchev–Trinajstić information content (AvgIpc) is 3.36. The Bertz CT molecular complexity index is 1080. The highest BCUT2D eigenvalue weighted by atomic mass is 16.5. The van der Waals surface area contributed by atoms with Gasteiger partial charge in [-0.3, -0.25) is 5.41 Å². The van der Waals surface area contributed by atoms with E-state index in [2.05, 4.69) is 21.0 Å². The molecule has 5 rings (SSSR count). The predicted octanol–water partition coefficient (Wildman–Crippen LogP) is 0.312. The van der Waals surface area contributed by atoms with E-state index in [-0.39, 0.29) is 41.7 Å². The maximum atomic E-state index is 11.1. The van der Waals surface area contributed by atoms with Gasteiger partial charge in [0.2, 0.25) is 0 Å². The van der Waals surface area contributed by atoms with Gasteiger partial charge in [0.1, 0.15) is 23.0 Å². The molecular weight excluding hydrogens is 420 g/mol. The zero-order valence-corrected chi connectivity index (χ0v) is 17.4. The largest absolute Gasteiger partial charge is 0.505 e. The van der Waals surface area contributed by atoms with Gasteiger partial charge in [-0.1, -0.05) is 0 Å². The number of aliphatic hydroxyl groups excluding tert-OH is 1. The number of carboxylic acid groups (broad SMARTS) is 1. The number of amides is 1. The number of carbonyl (C=O) groups is 1. The molecule has 12 nitrogen and oxygen atoms in total. The van der Waals surface area contributed by atoms with Crippen molar-refractivity contribution in [1.29, 1.82) is 5.41 Å². The second-order valence-electron chi connectivity index (χ2n) is 7.84. The number of benzene rings is 1. The molecule has 0 bridgehead atoms. The molecule has 4 unspecified atom stereocenters. The third kappa shape index (κ3) is 3.03. The van der Waals surface area contributed by atoms with Crippen LogP contribution in [-0.2, 0) is 4.74 Å². The van der Waals surface area contributed by atoms with Crippen molar-refractivity contribution in [2.24, 2.45) is 15.7 Å². The molecule has 4 aliphatic rings. The quantitative estimate of drug-likeness (QED) is 0.254. The summed E-state index contributed by atoms with van der Waals surface area (Å²) in [5.74, 6) is -0.476. The number of amidine groups is 1. The number of phenols is 2. The number of hydrogen-bond acceptors (Lipinski definition) is 9. The topological polar surface area (TPSA) is 207 Å². The number of rotatable bonds is 3. The number of hydrogen-bond donors (Lipinski definition) is 7. The Kier molecular flexibility index (Phi) is 5.15. The summed E-state index contributed by atoms with van der Waals surface area (Å²) in [4.78, 5) is 19.1. The van der Waals surface area contributed by atoms with E-state index in [1.165, 1.54) is 12.3 Å². The van der Waals surface area contributed by atoms with Gasteiger partial charge in [-0.05, 0) is 19.1 Å². The number of nitrogens with zero attached hydrogens (tertiary/aromatic N) is 3. The number of methoxy groups -OCH3 is 1. The summed E-state index contributed by atoms with van der Waals surface area (Å²) in [5.41, 5.74) is 5.24. The third-order valence-corrected chi connectivity index (χ3v) is 6.22. The summed E-state index contributed by atoms with van der Waals surface area (Å²) < 4.78 is 5.90. The summed E-state index contributed by atoms with van der Waals surface area (Å²) in [6, 6.07) is 0.262. The Balaban J connectivity index is 0.000000567. The number of phenolic OH excluding ortho intramolecular Hbond substituents is 2. The molecule has 8 N–H and O–H groups in total. The maximum absolute atomic E-state index is 11.1. The molecule has 0 spiro atoms. The maximum Gasteiger partial charge on any atom is 0.402 e. The molecule has 0 aromatic heterocycles. The highest BCUT2D eigenvalue weighted by Gasteiger charge is 2.71. The van der Waals surface area contributed by atoms with Crippen LogP contribution in [0.5, 0.6) is 11.5 Å². The fourth-order valence-corrected chi connectivity index (χ4v) is 4.88. The van der Waals surface area contributed by atoms with E-state index in [4.69, 9.17) is 20.0 Å². The lowest BCUT2D eigenvalue weighted by molar-refractivity contribution is -0.0324. The second kappa shape index (κ2) is 7.58. The van der Waals surface area contributed by atoms with Crippen LogP contribution in [0.15, 0.2) is 22.1 Å². The SMILES string of the molecule is COC12C(CO)c3c(O)c(N=C4C=CC(=N)N=C4)c(C)c(O)c3N1CC1NC12.NC(=O)O. The lowest BCUT2D eigenvalue weighted by Gasteiger charge is -2.38. The molecule has 1 aromatic carbocycles. The smallest absolute Gasteiger partial charge is 0.402 e. The monoisotopic (exact) mass is 444 g/mol. The first-order valence-electron chi connectivity index (χ1n) is 9.83. The average molecular weight is 444 g/mol. The van der Waals surface area contributed by atoms with E-state index < -0.39 is 17.7 Å². The van der Waals surface area contributed by atoms with Gasteiger partial charge < -0.3 is 41.1 Å².